The molecule has 0 radical (unpaired) electrons. The largest absolute Gasteiger partial charge is 0.101 e. The molecule has 11 heavy (non-hydrogen) atoms. The minimum absolute atomic E-state index is 0.282. The molecule has 0 aromatic heterocycles. The average molecular weight is 174 g/mol. The van der Waals surface area contributed by atoms with Gasteiger partial charge in [-0.15, -0.1) is 7.92 Å². The van der Waals surface area contributed by atoms with E-state index in [-0.39, 0.29) is 7.92 Å². The van der Waals surface area contributed by atoms with Crippen LogP contribution in [0.5, 0.6) is 0 Å². The van der Waals surface area contributed by atoms with E-state index in [1.54, 1.807) is 0 Å². The summed E-state index contributed by atoms with van der Waals surface area (Å²) in [5.41, 5.74) is 1.82. The second-order valence-electron chi connectivity index (χ2n) is 4.28. The predicted octanol–water partition coefficient (Wildman–Crippen LogP) is 3.94. The Hall–Kier alpha value is 0.430. The molecule has 0 N–H and O–H groups in total. The molecule has 1 heteroatoms. The molecule has 0 atom stereocenters. The van der Waals surface area contributed by atoms with E-state index in [4.69, 9.17) is 0 Å². The number of hydrogen-bond acceptors (Lipinski definition) is 0. The second kappa shape index (κ2) is 5.14. The van der Waals surface area contributed by atoms with Gasteiger partial charge in [0.15, 0.2) is 0 Å². The Kier molecular flexibility index (Phi) is 5.34. The third-order valence-corrected chi connectivity index (χ3v) is 5.71. The lowest BCUT2D eigenvalue weighted by Gasteiger charge is -2.27. The normalized spacial score (nSPS) is 12.5. The first-order chi connectivity index (χ1) is 4.95. The Morgan fingerprint density at radius 2 is 1.18 bits per heavy atom. The molecule has 0 nitrogen and oxygen atoms in total. The lowest BCUT2D eigenvalue weighted by Crippen LogP contribution is -2.09. The molecule has 0 aliphatic heterocycles. The molecule has 0 unspecified atom stereocenters. The standard InChI is InChI=1S/C10H23P/c1-8(2)7-11(9(3)4)10(5)6/h8-10H,7H2,1-6H3. The quantitative estimate of drug-likeness (QED) is 0.566. The van der Waals surface area contributed by atoms with E-state index < -0.39 is 0 Å². The van der Waals surface area contributed by atoms with Gasteiger partial charge in [0.25, 0.3) is 0 Å². The molecule has 0 saturated heterocycles. The van der Waals surface area contributed by atoms with Crippen molar-refractivity contribution in [2.45, 2.75) is 52.9 Å². The lowest BCUT2D eigenvalue weighted by molar-refractivity contribution is 0.735. The highest BCUT2D eigenvalue weighted by Crippen LogP contribution is 2.47. The van der Waals surface area contributed by atoms with Gasteiger partial charge in [-0.25, -0.2) is 0 Å². The van der Waals surface area contributed by atoms with Crippen molar-refractivity contribution in [3.63, 3.8) is 0 Å². The van der Waals surface area contributed by atoms with Crippen molar-refractivity contribution in [2.24, 2.45) is 5.92 Å². The van der Waals surface area contributed by atoms with Gasteiger partial charge in [0.1, 0.15) is 0 Å². The Bertz CT molecular complexity index is 87.0. The molecule has 0 aromatic rings. The summed E-state index contributed by atoms with van der Waals surface area (Å²) in [5, 5.41) is 0. The van der Waals surface area contributed by atoms with Crippen molar-refractivity contribution in [3.8, 4) is 0 Å². The van der Waals surface area contributed by atoms with Gasteiger partial charge in [0.05, 0.1) is 0 Å². The fraction of sp³-hybridized carbons (Fsp3) is 1.00. The second-order valence-corrected chi connectivity index (χ2v) is 7.74. The van der Waals surface area contributed by atoms with Crippen LogP contribution in [-0.4, -0.2) is 17.5 Å². The molecule has 0 aliphatic carbocycles. The predicted molar refractivity (Wildman–Crippen MR) is 56.9 cm³/mol. The van der Waals surface area contributed by atoms with Gasteiger partial charge in [-0.3, -0.25) is 0 Å². The molecule has 0 spiro atoms. The van der Waals surface area contributed by atoms with Gasteiger partial charge >= 0.3 is 0 Å². The highest BCUT2D eigenvalue weighted by Gasteiger charge is 2.17. The zero-order valence-corrected chi connectivity index (χ0v) is 9.78. The van der Waals surface area contributed by atoms with E-state index in [2.05, 4.69) is 41.5 Å². The minimum Gasteiger partial charge on any atom is -0.101 e. The first-order valence-corrected chi connectivity index (χ1v) is 6.37. The van der Waals surface area contributed by atoms with Crippen LogP contribution in [0.25, 0.3) is 0 Å². The molecule has 0 rings (SSSR count). The smallest absolute Gasteiger partial charge is 0.0264 e. The van der Waals surface area contributed by atoms with Crippen molar-refractivity contribution in [1.82, 2.24) is 0 Å². The summed E-state index contributed by atoms with van der Waals surface area (Å²) in [4.78, 5) is 0. The van der Waals surface area contributed by atoms with Crippen LogP contribution in [0.4, 0.5) is 0 Å². The van der Waals surface area contributed by atoms with E-state index in [1.165, 1.54) is 6.16 Å². The Balaban J connectivity index is 3.90. The van der Waals surface area contributed by atoms with Crippen LogP contribution in [0.15, 0.2) is 0 Å². The van der Waals surface area contributed by atoms with Crippen molar-refractivity contribution >= 4 is 7.92 Å². The molecule has 0 saturated carbocycles. The van der Waals surface area contributed by atoms with Gasteiger partial charge in [-0.05, 0) is 23.4 Å². The summed E-state index contributed by atoms with van der Waals surface area (Å²) >= 11 is 0. The van der Waals surface area contributed by atoms with Crippen molar-refractivity contribution in [2.75, 3.05) is 6.16 Å². The van der Waals surface area contributed by atoms with E-state index in [0.717, 1.165) is 17.2 Å². The summed E-state index contributed by atoms with van der Waals surface area (Å²) in [6.45, 7) is 14.1. The van der Waals surface area contributed by atoms with Gasteiger partial charge in [0, 0.05) is 0 Å². The maximum Gasteiger partial charge on any atom is -0.0264 e. The van der Waals surface area contributed by atoms with Crippen LogP contribution in [0.3, 0.4) is 0 Å². The first kappa shape index (κ1) is 11.4. The fourth-order valence-corrected chi connectivity index (χ4v) is 4.32. The van der Waals surface area contributed by atoms with Crippen LogP contribution >= 0.6 is 7.92 Å². The molecule has 0 aromatic carbocycles. The summed E-state index contributed by atoms with van der Waals surface area (Å²) in [7, 11) is 0.282. The molecule has 68 valence electrons. The van der Waals surface area contributed by atoms with E-state index in [1.807, 2.05) is 0 Å². The van der Waals surface area contributed by atoms with Gasteiger partial charge < -0.3 is 0 Å². The summed E-state index contributed by atoms with van der Waals surface area (Å²) in [6.07, 6.45) is 1.45. The van der Waals surface area contributed by atoms with E-state index in [9.17, 15) is 0 Å². The van der Waals surface area contributed by atoms with Gasteiger partial charge in [-0.1, -0.05) is 41.5 Å². The highest BCUT2D eigenvalue weighted by molar-refractivity contribution is 7.59. The number of hydrogen-bond donors (Lipinski definition) is 0. The van der Waals surface area contributed by atoms with Crippen molar-refractivity contribution in [1.29, 1.82) is 0 Å². The fourth-order valence-electron chi connectivity index (χ4n) is 1.44. The molecule has 0 fully saturated rings. The van der Waals surface area contributed by atoms with Crippen LogP contribution in [0, 0.1) is 5.92 Å². The summed E-state index contributed by atoms with van der Waals surface area (Å²) in [6, 6.07) is 0. The van der Waals surface area contributed by atoms with Gasteiger partial charge in [0.2, 0.25) is 0 Å². The third-order valence-electron chi connectivity index (χ3n) is 1.90. The topological polar surface area (TPSA) is 0 Å². The molecular formula is C10H23P. The minimum atomic E-state index is 0.282. The Labute approximate surface area is 73.5 Å². The van der Waals surface area contributed by atoms with Crippen LogP contribution in [0.1, 0.15) is 41.5 Å². The molecular weight excluding hydrogens is 151 g/mol. The number of rotatable bonds is 4. The SMILES string of the molecule is CC(C)CP(C(C)C)C(C)C. The monoisotopic (exact) mass is 174 g/mol. The molecule has 0 aliphatic rings. The van der Waals surface area contributed by atoms with E-state index >= 15 is 0 Å². The van der Waals surface area contributed by atoms with Crippen LogP contribution in [-0.2, 0) is 0 Å². The van der Waals surface area contributed by atoms with Crippen molar-refractivity contribution < 1.29 is 0 Å². The van der Waals surface area contributed by atoms with Crippen molar-refractivity contribution in [3.05, 3.63) is 0 Å². The molecule has 0 heterocycles. The zero-order chi connectivity index (χ0) is 9.02. The Morgan fingerprint density at radius 1 is 0.818 bits per heavy atom. The third kappa shape index (κ3) is 4.80. The first-order valence-electron chi connectivity index (χ1n) is 4.70. The van der Waals surface area contributed by atoms with Crippen LogP contribution < -0.4 is 0 Å². The summed E-state index contributed by atoms with van der Waals surface area (Å²) in [5.74, 6) is 0.880. The van der Waals surface area contributed by atoms with E-state index in [0.29, 0.717) is 0 Å². The lowest BCUT2D eigenvalue weighted by atomic mass is 10.3. The van der Waals surface area contributed by atoms with Crippen LogP contribution in [0.2, 0.25) is 0 Å². The maximum atomic E-state index is 2.37. The Morgan fingerprint density at radius 3 is 1.27 bits per heavy atom. The van der Waals surface area contributed by atoms with Gasteiger partial charge in [-0.2, -0.15) is 0 Å². The zero-order valence-electron chi connectivity index (χ0n) is 8.89. The summed E-state index contributed by atoms with van der Waals surface area (Å²) < 4.78 is 0. The average Bonchev–Trinajstić information content (AvgIpc) is 1.81. The highest BCUT2D eigenvalue weighted by atomic mass is 31.1. The molecule has 0 bridgehead atoms. The molecule has 0 amide bonds. The maximum absolute atomic E-state index is 2.37.